The molecule has 0 bridgehead atoms. The van der Waals surface area contributed by atoms with Crippen molar-refractivity contribution < 1.29 is 24.3 Å². The molecule has 0 aliphatic rings. The molecular formula is C35H46N8O5. The zero-order valence-corrected chi connectivity index (χ0v) is 27.3. The highest BCUT2D eigenvalue weighted by molar-refractivity contribution is 5.94. The van der Waals surface area contributed by atoms with Gasteiger partial charge in [-0.15, -0.1) is 0 Å². The number of rotatable bonds is 17. The second kappa shape index (κ2) is 18.0. The van der Waals surface area contributed by atoms with Crippen LogP contribution in [0.2, 0.25) is 0 Å². The van der Waals surface area contributed by atoms with E-state index >= 15 is 0 Å². The predicted octanol–water partition coefficient (Wildman–Crippen LogP) is 0.358. The molecular weight excluding hydrogens is 612 g/mol. The Labute approximate surface area is 280 Å². The number of benzene rings is 3. The van der Waals surface area contributed by atoms with Crippen molar-refractivity contribution in [3.8, 4) is 5.75 Å². The second-order valence-electron chi connectivity index (χ2n) is 11.8. The average Bonchev–Trinajstić information content (AvgIpc) is 3.04. The molecule has 4 atom stereocenters. The fraction of sp³-hybridized carbons (Fsp3) is 0.343. The maximum absolute atomic E-state index is 13.8. The highest BCUT2D eigenvalue weighted by Crippen LogP contribution is 2.22. The third kappa shape index (κ3) is 11.7. The van der Waals surface area contributed by atoms with Crippen LogP contribution in [0.1, 0.15) is 40.7 Å². The Morgan fingerprint density at radius 1 is 0.708 bits per heavy atom. The molecule has 0 aliphatic carbocycles. The maximum Gasteiger partial charge on any atom is 0.243 e. The number of aliphatic imine (C=N–C) groups is 1. The summed E-state index contributed by atoms with van der Waals surface area (Å²) in [6, 6.07) is 17.1. The lowest BCUT2D eigenvalue weighted by atomic mass is 9.95. The maximum atomic E-state index is 13.8. The van der Waals surface area contributed by atoms with E-state index < -0.39 is 47.8 Å². The van der Waals surface area contributed by atoms with Crippen molar-refractivity contribution in [1.82, 2.24) is 16.0 Å². The van der Waals surface area contributed by atoms with Crippen molar-refractivity contribution in [2.45, 2.75) is 70.1 Å². The monoisotopic (exact) mass is 658 g/mol. The normalized spacial score (nSPS) is 13.3. The summed E-state index contributed by atoms with van der Waals surface area (Å²) < 4.78 is 0. The van der Waals surface area contributed by atoms with E-state index in [2.05, 4.69) is 20.9 Å². The van der Waals surface area contributed by atoms with Gasteiger partial charge in [-0.3, -0.25) is 24.2 Å². The third-order valence-electron chi connectivity index (χ3n) is 7.88. The smallest absolute Gasteiger partial charge is 0.243 e. The van der Waals surface area contributed by atoms with Gasteiger partial charge in [0.2, 0.25) is 23.6 Å². The molecule has 4 amide bonds. The minimum atomic E-state index is -1.12. The van der Waals surface area contributed by atoms with Gasteiger partial charge in [0.05, 0.1) is 6.04 Å². The number of guanidine groups is 1. The van der Waals surface area contributed by atoms with Crippen molar-refractivity contribution in [2.75, 3.05) is 6.54 Å². The number of carbonyl (C=O) groups is 4. The first-order valence-corrected chi connectivity index (χ1v) is 15.7. The number of carbonyl (C=O) groups excluding carboxylic acids is 4. The molecule has 3 aromatic carbocycles. The van der Waals surface area contributed by atoms with E-state index in [9.17, 15) is 24.3 Å². The summed E-state index contributed by atoms with van der Waals surface area (Å²) in [5.74, 6) is -2.56. The Balaban J connectivity index is 1.82. The summed E-state index contributed by atoms with van der Waals surface area (Å²) in [5, 5.41) is 18.1. The van der Waals surface area contributed by atoms with Gasteiger partial charge in [-0.2, -0.15) is 0 Å². The van der Waals surface area contributed by atoms with E-state index in [-0.39, 0.29) is 43.9 Å². The van der Waals surface area contributed by atoms with Crippen LogP contribution in [0.5, 0.6) is 5.75 Å². The fourth-order valence-corrected chi connectivity index (χ4v) is 5.33. The number of phenols is 1. The van der Waals surface area contributed by atoms with E-state index in [1.165, 1.54) is 0 Å². The third-order valence-corrected chi connectivity index (χ3v) is 7.88. The zero-order valence-electron chi connectivity index (χ0n) is 27.3. The van der Waals surface area contributed by atoms with Crippen molar-refractivity contribution in [2.24, 2.45) is 27.9 Å². The highest BCUT2D eigenvalue weighted by Gasteiger charge is 2.30. The van der Waals surface area contributed by atoms with Crippen LogP contribution < -0.4 is 38.9 Å². The minimum Gasteiger partial charge on any atom is -0.508 e. The van der Waals surface area contributed by atoms with Crippen LogP contribution in [0.15, 0.2) is 77.8 Å². The van der Waals surface area contributed by atoms with Gasteiger partial charge in [0.25, 0.3) is 0 Å². The number of aryl methyl sites for hydroxylation is 2. The molecule has 0 heterocycles. The Bertz CT molecular complexity index is 1560. The average molecular weight is 659 g/mol. The van der Waals surface area contributed by atoms with Gasteiger partial charge < -0.3 is 44.0 Å². The molecule has 48 heavy (non-hydrogen) atoms. The van der Waals surface area contributed by atoms with Crippen LogP contribution in [-0.4, -0.2) is 65.4 Å². The van der Waals surface area contributed by atoms with Crippen molar-refractivity contribution >= 4 is 29.6 Å². The van der Waals surface area contributed by atoms with Gasteiger partial charge in [-0.05, 0) is 73.1 Å². The summed E-state index contributed by atoms with van der Waals surface area (Å²) in [7, 11) is 0. The van der Waals surface area contributed by atoms with Crippen molar-refractivity contribution in [3.63, 3.8) is 0 Å². The first-order valence-electron chi connectivity index (χ1n) is 15.7. The molecule has 13 nitrogen and oxygen atoms in total. The van der Waals surface area contributed by atoms with E-state index in [1.807, 2.05) is 62.4 Å². The molecule has 3 aromatic rings. The lowest BCUT2D eigenvalue weighted by molar-refractivity contribution is -0.133. The predicted molar refractivity (Wildman–Crippen MR) is 184 cm³/mol. The van der Waals surface area contributed by atoms with Crippen molar-refractivity contribution in [1.29, 1.82) is 0 Å². The summed E-state index contributed by atoms with van der Waals surface area (Å²) in [6.45, 7) is 3.83. The largest absolute Gasteiger partial charge is 0.508 e. The fourth-order valence-electron chi connectivity index (χ4n) is 5.33. The van der Waals surface area contributed by atoms with Crippen LogP contribution in [0.4, 0.5) is 0 Å². The number of primary amides is 1. The molecule has 0 aromatic heterocycles. The van der Waals surface area contributed by atoms with E-state index in [1.54, 1.807) is 24.3 Å². The molecule has 0 radical (unpaired) electrons. The summed E-state index contributed by atoms with van der Waals surface area (Å²) in [6.07, 6.45) is 0.896. The topological polar surface area (TPSA) is 241 Å². The Hall–Kier alpha value is -5.43. The zero-order chi connectivity index (χ0) is 35.2. The van der Waals surface area contributed by atoms with Crippen LogP contribution in [0, 0.1) is 13.8 Å². The Morgan fingerprint density at radius 3 is 1.71 bits per heavy atom. The van der Waals surface area contributed by atoms with Gasteiger partial charge in [0.15, 0.2) is 5.96 Å². The quantitative estimate of drug-likeness (QED) is 0.0571. The molecule has 0 aliphatic heterocycles. The van der Waals surface area contributed by atoms with Gasteiger partial charge in [-0.25, -0.2) is 0 Å². The molecule has 0 fully saturated rings. The number of nitrogens with two attached hydrogens (primary N) is 4. The molecule has 3 rings (SSSR count). The first-order chi connectivity index (χ1) is 22.8. The minimum absolute atomic E-state index is 0.100. The van der Waals surface area contributed by atoms with Gasteiger partial charge in [0.1, 0.15) is 23.9 Å². The number of amides is 4. The SMILES string of the molecule is Cc1cc(O)cc(C)c1C[C@H](N)C(=O)N[C@H](CCCN=C(N)N)C(=O)N[C@@H](Cc1ccccc1)C(=O)N[C@@H](Cc1ccccc1)C(N)=O. The molecule has 0 unspecified atom stereocenters. The molecule has 12 N–H and O–H groups in total. The number of nitrogens with one attached hydrogen (secondary N) is 3. The van der Waals surface area contributed by atoms with E-state index in [4.69, 9.17) is 22.9 Å². The number of aromatic hydroxyl groups is 1. The second-order valence-corrected chi connectivity index (χ2v) is 11.8. The molecule has 0 saturated carbocycles. The van der Waals surface area contributed by atoms with E-state index in [0.29, 0.717) is 6.42 Å². The summed E-state index contributed by atoms with van der Waals surface area (Å²) >= 11 is 0. The number of hydrogen-bond donors (Lipinski definition) is 8. The number of phenolic OH excluding ortho intramolecular Hbond substituents is 1. The van der Waals surface area contributed by atoms with Gasteiger partial charge in [-0.1, -0.05) is 60.7 Å². The van der Waals surface area contributed by atoms with Gasteiger partial charge >= 0.3 is 0 Å². The molecule has 13 heteroatoms. The van der Waals surface area contributed by atoms with Crippen LogP contribution >= 0.6 is 0 Å². The summed E-state index contributed by atoms with van der Waals surface area (Å²) in [4.78, 5) is 57.1. The molecule has 256 valence electrons. The molecule has 0 saturated heterocycles. The van der Waals surface area contributed by atoms with Crippen LogP contribution in [0.25, 0.3) is 0 Å². The van der Waals surface area contributed by atoms with E-state index in [0.717, 1.165) is 27.8 Å². The standard InChI is InChI=1S/C35H46N8O5/c1-21-16-25(44)17-22(2)26(21)20-27(36)32(46)41-28(14-9-15-40-35(38)39)33(47)43-30(19-24-12-7-4-8-13-24)34(48)42-29(31(37)45)18-23-10-5-3-6-11-23/h3-8,10-13,16-17,27-30,44H,9,14-15,18-20,36H2,1-2H3,(H2,37,45)(H,41,46)(H,42,48)(H,43,47)(H4,38,39,40)/t27-,28+,29-,30-/m0/s1. The van der Waals surface area contributed by atoms with Crippen molar-refractivity contribution in [3.05, 3.63) is 101 Å². The molecule has 0 spiro atoms. The van der Waals surface area contributed by atoms with Crippen LogP contribution in [0.3, 0.4) is 0 Å². The number of nitrogens with zero attached hydrogens (tertiary/aromatic N) is 1. The Morgan fingerprint density at radius 2 is 1.19 bits per heavy atom. The Kier molecular flexibility index (Phi) is 13.9. The summed E-state index contributed by atoms with van der Waals surface area (Å²) in [5.41, 5.74) is 26.8. The first kappa shape index (κ1) is 37.0. The lowest BCUT2D eigenvalue weighted by Gasteiger charge is -2.26. The van der Waals surface area contributed by atoms with Gasteiger partial charge in [0, 0.05) is 19.4 Å². The lowest BCUT2D eigenvalue weighted by Crippen LogP contribution is -2.58. The highest BCUT2D eigenvalue weighted by atomic mass is 16.3. The number of hydrogen-bond acceptors (Lipinski definition) is 7. The van der Waals surface area contributed by atoms with Crippen LogP contribution in [-0.2, 0) is 38.4 Å².